The van der Waals surface area contributed by atoms with Crippen molar-refractivity contribution in [2.24, 2.45) is 0 Å². The van der Waals surface area contributed by atoms with Gasteiger partial charge in [0.15, 0.2) is 5.69 Å². The van der Waals surface area contributed by atoms with Gasteiger partial charge in [0, 0.05) is 52.4 Å². The predicted octanol–water partition coefficient (Wildman–Crippen LogP) is -0.0700. The molecule has 0 aromatic carbocycles. The van der Waals surface area contributed by atoms with Crippen LogP contribution >= 0.6 is 0 Å². The molecule has 0 saturated carbocycles. The standard InChI is InChI=1S/C19H26N6O3/c1-14(26)23-10-12-24(13-11-23)19(28)16-15-6-4-5-8-25(15)17(21-16)18(27)20-7-9-22(2)3/h4-6,8H,7,9-13H2,1-3H3,(H,20,27). The lowest BCUT2D eigenvalue weighted by Gasteiger charge is -2.33. The Hall–Kier alpha value is -2.94. The maximum absolute atomic E-state index is 13.0. The summed E-state index contributed by atoms with van der Waals surface area (Å²) in [6.45, 7) is 4.64. The second kappa shape index (κ2) is 8.39. The summed E-state index contributed by atoms with van der Waals surface area (Å²) >= 11 is 0. The molecule has 1 saturated heterocycles. The summed E-state index contributed by atoms with van der Waals surface area (Å²) in [6.07, 6.45) is 1.73. The van der Waals surface area contributed by atoms with E-state index in [2.05, 4.69) is 10.3 Å². The number of pyridine rings is 1. The van der Waals surface area contributed by atoms with Gasteiger partial charge in [-0.3, -0.25) is 18.8 Å². The Labute approximate surface area is 163 Å². The van der Waals surface area contributed by atoms with E-state index in [0.29, 0.717) is 44.8 Å². The van der Waals surface area contributed by atoms with Gasteiger partial charge in [0.1, 0.15) is 0 Å². The molecule has 28 heavy (non-hydrogen) atoms. The third-order valence-corrected chi connectivity index (χ3v) is 4.81. The van der Waals surface area contributed by atoms with Gasteiger partial charge in [-0.1, -0.05) is 6.07 Å². The summed E-state index contributed by atoms with van der Waals surface area (Å²) < 4.78 is 1.64. The molecule has 1 N–H and O–H groups in total. The molecule has 0 atom stereocenters. The summed E-state index contributed by atoms with van der Waals surface area (Å²) in [5.74, 6) is -0.334. The monoisotopic (exact) mass is 386 g/mol. The number of aromatic nitrogens is 2. The Morgan fingerprint density at radius 3 is 2.43 bits per heavy atom. The van der Waals surface area contributed by atoms with Crippen molar-refractivity contribution in [3.8, 4) is 0 Å². The lowest BCUT2D eigenvalue weighted by atomic mass is 10.2. The lowest BCUT2D eigenvalue weighted by molar-refractivity contribution is -0.130. The summed E-state index contributed by atoms with van der Waals surface area (Å²) in [6, 6.07) is 5.39. The molecular weight excluding hydrogens is 360 g/mol. The second-order valence-corrected chi connectivity index (χ2v) is 7.10. The molecule has 3 rings (SSSR count). The normalized spacial score (nSPS) is 14.6. The van der Waals surface area contributed by atoms with Crippen LogP contribution < -0.4 is 5.32 Å². The number of amides is 3. The Bertz CT molecular complexity index is 883. The molecule has 2 aromatic heterocycles. The lowest BCUT2D eigenvalue weighted by Crippen LogP contribution is -2.50. The predicted molar refractivity (Wildman–Crippen MR) is 104 cm³/mol. The van der Waals surface area contributed by atoms with Crippen LogP contribution in [0.5, 0.6) is 0 Å². The minimum atomic E-state index is -0.316. The summed E-state index contributed by atoms with van der Waals surface area (Å²) in [5.41, 5.74) is 0.855. The van der Waals surface area contributed by atoms with E-state index in [9.17, 15) is 14.4 Å². The van der Waals surface area contributed by atoms with Crippen LogP contribution in [0.3, 0.4) is 0 Å². The molecule has 0 radical (unpaired) electrons. The van der Waals surface area contributed by atoms with E-state index in [-0.39, 0.29) is 29.2 Å². The molecule has 150 valence electrons. The quantitative estimate of drug-likeness (QED) is 0.777. The first-order valence-electron chi connectivity index (χ1n) is 9.33. The molecule has 1 fully saturated rings. The summed E-state index contributed by atoms with van der Waals surface area (Å²) in [7, 11) is 3.86. The highest BCUT2D eigenvalue weighted by molar-refractivity contribution is 6.02. The number of nitrogens with one attached hydrogen (secondary N) is 1. The van der Waals surface area contributed by atoms with E-state index >= 15 is 0 Å². The highest BCUT2D eigenvalue weighted by Crippen LogP contribution is 2.16. The minimum absolute atomic E-state index is 0.0104. The van der Waals surface area contributed by atoms with Crippen LogP contribution in [0.2, 0.25) is 0 Å². The number of nitrogens with zero attached hydrogens (tertiary/aromatic N) is 5. The number of imidazole rings is 1. The van der Waals surface area contributed by atoms with Crippen LogP contribution in [-0.2, 0) is 4.79 Å². The van der Waals surface area contributed by atoms with E-state index in [4.69, 9.17) is 0 Å². The van der Waals surface area contributed by atoms with Crippen molar-refractivity contribution >= 4 is 23.2 Å². The van der Waals surface area contributed by atoms with Crippen LogP contribution in [0.25, 0.3) is 5.52 Å². The summed E-state index contributed by atoms with van der Waals surface area (Å²) in [5, 5.41) is 2.84. The first-order chi connectivity index (χ1) is 13.4. The number of likely N-dealkylation sites (N-methyl/N-ethyl adjacent to an activating group) is 1. The third kappa shape index (κ3) is 4.14. The van der Waals surface area contributed by atoms with Crippen LogP contribution in [-0.4, -0.2) is 95.2 Å². The van der Waals surface area contributed by atoms with E-state index in [1.54, 1.807) is 32.5 Å². The van der Waals surface area contributed by atoms with Gasteiger partial charge in [-0.15, -0.1) is 0 Å². The Kier molecular flexibility index (Phi) is 5.93. The molecule has 3 heterocycles. The molecule has 0 bridgehead atoms. The average Bonchev–Trinajstić information content (AvgIpc) is 3.07. The van der Waals surface area contributed by atoms with Crippen molar-refractivity contribution in [1.82, 2.24) is 29.4 Å². The highest BCUT2D eigenvalue weighted by Gasteiger charge is 2.28. The van der Waals surface area contributed by atoms with Gasteiger partial charge < -0.3 is 20.0 Å². The van der Waals surface area contributed by atoms with Crippen LogP contribution in [0, 0.1) is 0 Å². The fourth-order valence-electron chi connectivity index (χ4n) is 3.20. The summed E-state index contributed by atoms with van der Waals surface area (Å²) in [4.78, 5) is 46.9. The van der Waals surface area contributed by atoms with E-state index < -0.39 is 0 Å². The molecule has 1 aliphatic heterocycles. The van der Waals surface area contributed by atoms with Gasteiger partial charge >= 0.3 is 0 Å². The SMILES string of the molecule is CC(=O)N1CCN(C(=O)c2nc(C(=O)NCCN(C)C)n3ccccc23)CC1. The molecule has 9 nitrogen and oxygen atoms in total. The smallest absolute Gasteiger partial charge is 0.287 e. The first kappa shape index (κ1) is 19.8. The molecule has 3 amide bonds. The third-order valence-electron chi connectivity index (χ3n) is 4.81. The van der Waals surface area contributed by atoms with Gasteiger partial charge in [-0.2, -0.15) is 0 Å². The fraction of sp³-hybridized carbons (Fsp3) is 0.474. The van der Waals surface area contributed by atoms with Gasteiger partial charge in [0.25, 0.3) is 11.8 Å². The second-order valence-electron chi connectivity index (χ2n) is 7.10. The zero-order chi connectivity index (χ0) is 20.3. The molecule has 0 aliphatic carbocycles. The number of hydrogen-bond acceptors (Lipinski definition) is 5. The average molecular weight is 386 g/mol. The number of rotatable bonds is 5. The molecule has 0 spiro atoms. The van der Waals surface area contributed by atoms with Gasteiger partial charge in [-0.25, -0.2) is 4.98 Å². The Balaban J connectivity index is 1.81. The van der Waals surface area contributed by atoms with Crippen LogP contribution in [0.1, 0.15) is 28.0 Å². The first-order valence-corrected chi connectivity index (χ1v) is 9.33. The van der Waals surface area contributed by atoms with Gasteiger partial charge in [0.2, 0.25) is 11.7 Å². The maximum atomic E-state index is 13.0. The molecular formula is C19H26N6O3. The van der Waals surface area contributed by atoms with E-state index in [1.807, 2.05) is 25.1 Å². The van der Waals surface area contributed by atoms with Crippen LogP contribution in [0.4, 0.5) is 0 Å². The number of hydrogen-bond donors (Lipinski definition) is 1. The largest absolute Gasteiger partial charge is 0.348 e. The fourth-order valence-corrected chi connectivity index (χ4v) is 3.20. The molecule has 9 heteroatoms. The number of fused-ring (bicyclic) bond motifs is 1. The van der Waals surface area contributed by atoms with Crippen molar-refractivity contribution in [3.63, 3.8) is 0 Å². The van der Waals surface area contributed by atoms with E-state index in [1.165, 1.54) is 6.92 Å². The van der Waals surface area contributed by atoms with Gasteiger partial charge in [0.05, 0.1) is 5.52 Å². The zero-order valence-corrected chi connectivity index (χ0v) is 16.5. The van der Waals surface area contributed by atoms with Gasteiger partial charge in [-0.05, 0) is 26.2 Å². The van der Waals surface area contributed by atoms with Crippen LogP contribution in [0.15, 0.2) is 24.4 Å². The minimum Gasteiger partial charge on any atom is -0.348 e. The molecule has 0 unspecified atom stereocenters. The number of piperazine rings is 1. The van der Waals surface area contributed by atoms with Crippen molar-refractivity contribution in [2.75, 3.05) is 53.4 Å². The Morgan fingerprint density at radius 2 is 1.79 bits per heavy atom. The molecule has 1 aliphatic rings. The van der Waals surface area contributed by atoms with E-state index in [0.717, 1.165) is 0 Å². The number of carbonyl (C=O) groups is 3. The zero-order valence-electron chi connectivity index (χ0n) is 16.5. The topological polar surface area (TPSA) is 90.3 Å². The van der Waals surface area contributed by atoms with Crippen molar-refractivity contribution < 1.29 is 14.4 Å². The molecule has 2 aromatic rings. The van der Waals surface area contributed by atoms with Crippen molar-refractivity contribution in [1.29, 1.82) is 0 Å². The maximum Gasteiger partial charge on any atom is 0.287 e. The Morgan fingerprint density at radius 1 is 1.11 bits per heavy atom. The number of carbonyl (C=O) groups excluding carboxylic acids is 3. The highest BCUT2D eigenvalue weighted by atomic mass is 16.2. The van der Waals surface area contributed by atoms with Crippen molar-refractivity contribution in [2.45, 2.75) is 6.92 Å². The van der Waals surface area contributed by atoms with Crippen molar-refractivity contribution in [3.05, 3.63) is 35.9 Å².